The number of nitrogens with two attached hydrogens (primary N) is 2. The van der Waals surface area contributed by atoms with Crippen LogP contribution < -0.4 is 11.5 Å². The minimum Gasteiger partial charge on any atom is -0.370 e. The van der Waals surface area contributed by atoms with Crippen LogP contribution in [0.15, 0.2) is 30.3 Å². The SMILES string of the molecule is N=C(N)N(CCCCc1ccccc1)C(=N)N. The lowest BCUT2D eigenvalue weighted by atomic mass is 10.1. The molecule has 0 radical (unpaired) electrons. The van der Waals surface area contributed by atoms with Gasteiger partial charge in [0.05, 0.1) is 0 Å². The van der Waals surface area contributed by atoms with E-state index in [2.05, 4.69) is 12.1 Å². The Morgan fingerprint density at radius 3 is 2.12 bits per heavy atom. The summed E-state index contributed by atoms with van der Waals surface area (Å²) in [6, 6.07) is 10.2. The summed E-state index contributed by atoms with van der Waals surface area (Å²) in [5.41, 5.74) is 11.9. The van der Waals surface area contributed by atoms with E-state index in [1.54, 1.807) is 0 Å². The first-order chi connectivity index (χ1) is 8.11. The molecule has 6 N–H and O–H groups in total. The van der Waals surface area contributed by atoms with Gasteiger partial charge in [-0.1, -0.05) is 30.3 Å². The van der Waals surface area contributed by atoms with Gasteiger partial charge in [0, 0.05) is 6.54 Å². The van der Waals surface area contributed by atoms with Gasteiger partial charge in [-0.3, -0.25) is 15.7 Å². The zero-order chi connectivity index (χ0) is 12.7. The Labute approximate surface area is 101 Å². The minimum atomic E-state index is -0.169. The Balaban J connectivity index is 2.28. The summed E-state index contributed by atoms with van der Waals surface area (Å²) in [4.78, 5) is 1.30. The maximum Gasteiger partial charge on any atom is 0.195 e. The van der Waals surface area contributed by atoms with E-state index in [1.807, 2.05) is 18.2 Å². The molecule has 17 heavy (non-hydrogen) atoms. The first kappa shape index (κ1) is 13.0. The van der Waals surface area contributed by atoms with Crippen molar-refractivity contribution >= 4 is 11.9 Å². The fourth-order valence-electron chi connectivity index (χ4n) is 1.61. The number of unbranched alkanes of at least 4 members (excludes halogenated alkanes) is 1. The number of benzene rings is 1. The second-order valence-corrected chi connectivity index (χ2v) is 3.86. The van der Waals surface area contributed by atoms with Crippen LogP contribution in [0.5, 0.6) is 0 Å². The molecule has 0 saturated heterocycles. The highest BCUT2D eigenvalue weighted by Gasteiger charge is 2.08. The molecule has 0 aliphatic carbocycles. The summed E-state index contributed by atoms with van der Waals surface area (Å²) in [5.74, 6) is -0.338. The number of hydrogen-bond donors (Lipinski definition) is 4. The molecule has 5 heteroatoms. The van der Waals surface area contributed by atoms with Crippen molar-refractivity contribution in [3.05, 3.63) is 35.9 Å². The molecule has 1 aromatic rings. The summed E-state index contributed by atoms with van der Waals surface area (Å²) in [5, 5.41) is 14.5. The van der Waals surface area contributed by atoms with Gasteiger partial charge in [0.2, 0.25) is 0 Å². The molecule has 0 heterocycles. The van der Waals surface area contributed by atoms with Crippen molar-refractivity contribution in [2.24, 2.45) is 11.5 Å². The zero-order valence-electron chi connectivity index (χ0n) is 9.82. The normalized spacial score (nSPS) is 9.88. The predicted octanol–water partition coefficient (Wildman–Crippen LogP) is 1.10. The van der Waals surface area contributed by atoms with Crippen molar-refractivity contribution in [3.8, 4) is 0 Å². The lowest BCUT2D eigenvalue weighted by molar-refractivity contribution is 0.541. The maximum atomic E-state index is 7.26. The molecule has 0 saturated carbocycles. The van der Waals surface area contributed by atoms with E-state index in [0.717, 1.165) is 19.3 Å². The van der Waals surface area contributed by atoms with Crippen molar-refractivity contribution in [1.82, 2.24) is 4.90 Å². The number of nitrogens with zero attached hydrogens (tertiary/aromatic N) is 1. The second-order valence-electron chi connectivity index (χ2n) is 3.86. The smallest absolute Gasteiger partial charge is 0.195 e. The van der Waals surface area contributed by atoms with Crippen molar-refractivity contribution in [3.63, 3.8) is 0 Å². The van der Waals surface area contributed by atoms with Crippen LogP contribution in [0.1, 0.15) is 18.4 Å². The first-order valence-electron chi connectivity index (χ1n) is 5.61. The standard InChI is InChI=1S/C12H19N5/c13-11(14)17(12(15)16)9-5-4-8-10-6-2-1-3-7-10/h1-3,6-7H,4-5,8-9H2,(H3,13,14)(H3,15,16). The van der Waals surface area contributed by atoms with Gasteiger partial charge in [0.25, 0.3) is 0 Å². The third-order valence-corrected chi connectivity index (χ3v) is 2.52. The molecule has 0 fully saturated rings. The van der Waals surface area contributed by atoms with Gasteiger partial charge in [-0.15, -0.1) is 0 Å². The molecule has 0 spiro atoms. The summed E-state index contributed by atoms with van der Waals surface area (Å²) in [6.45, 7) is 0.525. The monoisotopic (exact) mass is 233 g/mol. The number of guanidine groups is 2. The topological polar surface area (TPSA) is 103 Å². The summed E-state index contributed by atoms with van der Waals surface area (Å²) in [6.07, 6.45) is 2.83. The van der Waals surface area contributed by atoms with Crippen LogP contribution >= 0.6 is 0 Å². The largest absolute Gasteiger partial charge is 0.370 e. The van der Waals surface area contributed by atoms with Crippen molar-refractivity contribution in [2.75, 3.05) is 6.54 Å². The molecule has 0 aliphatic rings. The van der Waals surface area contributed by atoms with Crippen LogP contribution in [0.3, 0.4) is 0 Å². The number of rotatable bonds is 5. The molecular weight excluding hydrogens is 214 g/mol. The first-order valence-corrected chi connectivity index (χ1v) is 5.61. The van der Waals surface area contributed by atoms with Crippen LogP contribution in [-0.2, 0) is 6.42 Å². The Hall–Kier alpha value is -2.04. The van der Waals surface area contributed by atoms with Crippen LogP contribution in [0.4, 0.5) is 0 Å². The number of aryl methyl sites for hydroxylation is 1. The minimum absolute atomic E-state index is 0.169. The molecular formula is C12H19N5. The van der Waals surface area contributed by atoms with E-state index >= 15 is 0 Å². The van der Waals surface area contributed by atoms with Gasteiger partial charge in [0.15, 0.2) is 11.9 Å². The highest BCUT2D eigenvalue weighted by molar-refractivity contribution is 5.94. The fourth-order valence-corrected chi connectivity index (χ4v) is 1.61. The van der Waals surface area contributed by atoms with Gasteiger partial charge < -0.3 is 11.5 Å². The van der Waals surface area contributed by atoms with E-state index in [9.17, 15) is 0 Å². The van der Waals surface area contributed by atoms with E-state index in [1.165, 1.54) is 10.5 Å². The summed E-state index contributed by atoms with van der Waals surface area (Å²) in [7, 11) is 0. The third-order valence-electron chi connectivity index (χ3n) is 2.52. The third kappa shape index (κ3) is 4.55. The lowest BCUT2D eigenvalue weighted by Gasteiger charge is -2.19. The molecule has 0 aromatic heterocycles. The molecule has 1 aromatic carbocycles. The van der Waals surface area contributed by atoms with Gasteiger partial charge >= 0.3 is 0 Å². The van der Waals surface area contributed by atoms with Crippen LogP contribution in [0, 0.1) is 10.8 Å². The summed E-state index contributed by atoms with van der Waals surface area (Å²) < 4.78 is 0. The highest BCUT2D eigenvalue weighted by Crippen LogP contribution is 2.05. The van der Waals surface area contributed by atoms with Gasteiger partial charge in [-0.25, -0.2) is 0 Å². The zero-order valence-corrected chi connectivity index (χ0v) is 9.82. The van der Waals surface area contributed by atoms with Crippen LogP contribution in [-0.4, -0.2) is 23.4 Å². The van der Waals surface area contributed by atoms with Crippen LogP contribution in [0.2, 0.25) is 0 Å². The highest BCUT2D eigenvalue weighted by atomic mass is 15.3. The molecule has 0 atom stereocenters. The van der Waals surface area contributed by atoms with E-state index in [0.29, 0.717) is 6.54 Å². The number of hydrogen-bond acceptors (Lipinski definition) is 2. The molecule has 92 valence electrons. The average molecular weight is 233 g/mol. The molecule has 0 bridgehead atoms. The quantitative estimate of drug-likeness (QED) is 0.348. The molecule has 0 amide bonds. The van der Waals surface area contributed by atoms with E-state index < -0.39 is 0 Å². The summed E-state index contributed by atoms with van der Waals surface area (Å²) >= 11 is 0. The number of nitrogens with one attached hydrogen (secondary N) is 2. The van der Waals surface area contributed by atoms with E-state index in [4.69, 9.17) is 22.3 Å². The molecule has 0 unspecified atom stereocenters. The van der Waals surface area contributed by atoms with E-state index in [-0.39, 0.29) is 11.9 Å². The average Bonchev–Trinajstić information content (AvgIpc) is 2.29. The van der Waals surface area contributed by atoms with Gasteiger partial charge in [0.1, 0.15) is 0 Å². The van der Waals surface area contributed by atoms with Gasteiger partial charge in [-0.05, 0) is 24.8 Å². The predicted molar refractivity (Wildman–Crippen MR) is 69.9 cm³/mol. The lowest BCUT2D eigenvalue weighted by Crippen LogP contribution is -2.45. The Morgan fingerprint density at radius 2 is 1.59 bits per heavy atom. The molecule has 0 aliphatic heterocycles. The van der Waals surface area contributed by atoms with Crippen molar-refractivity contribution in [1.29, 1.82) is 10.8 Å². The van der Waals surface area contributed by atoms with Gasteiger partial charge in [-0.2, -0.15) is 0 Å². The Bertz CT molecular complexity index is 360. The molecule has 5 nitrogen and oxygen atoms in total. The maximum absolute atomic E-state index is 7.26. The Kier molecular flexibility index (Phi) is 5.00. The van der Waals surface area contributed by atoms with Crippen molar-refractivity contribution in [2.45, 2.75) is 19.3 Å². The molecule has 1 rings (SSSR count). The van der Waals surface area contributed by atoms with Crippen molar-refractivity contribution < 1.29 is 0 Å². The Morgan fingerprint density at radius 1 is 1.00 bits per heavy atom. The van der Waals surface area contributed by atoms with Crippen LogP contribution in [0.25, 0.3) is 0 Å². The fraction of sp³-hybridized carbons (Fsp3) is 0.333. The second kappa shape index (κ2) is 6.52.